The Morgan fingerprint density at radius 1 is 1.30 bits per heavy atom. The third-order valence-electron chi connectivity index (χ3n) is 3.67. The first-order valence-electron chi connectivity index (χ1n) is 8.74. The van der Waals surface area contributed by atoms with Gasteiger partial charge in [-0.3, -0.25) is 0 Å². The number of unbranched alkanes of at least 4 members (excludes halogenated alkanes) is 2. The molecule has 0 saturated heterocycles. The van der Waals surface area contributed by atoms with Crippen LogP contribution < -0.4 is 15.5 Å². The zero-order valence-corrected chi connectivity index (χ0v) is 15.4. The summed E-state index contributed by atoms with van der Waals surface area (Å²) in [5.41, 5.74) is 1.13. The van der Waals surface area contributed by atoms with Gasteiger partial charge in [0.2, 0.25) is 0 Å². The molecule has 0 aliphatic heterocycles. The average molecular weight is 319 g/mol. The normalized spacial score (nSPS) is 12.8. The van der Waals surface area contributed by atoms with Crippen LogP contribution in [-0.2, 0) is 6.54 Å². The van der Waals surface area contributed by atoms with Gasteiger partial charge in [-0.15, -0.1) is 0 Å². The minimum absolute atomic E-state index is 0.432. The van der Waals surface area contributed by atoms with E-state index in [0.29, 0.717) is 12.6 Å². The highest BCUT2D eigenvalue weighted by atomic mass is 15.2. The SMILES string of the molecule is CCCCCC(C)NC(=NCc1cccnc1N(C)C)NCC. The number of aromatic nitrogens is 1. The Balaban J connectivity index is 2.68. The Morgan fingerprint density at radius 2 is 2.09 bits per heavy atom. The second-order valence-electron chi connectivity index (χ2n) is 6.12. The largest absolute Gasteiger partial charge is 0.362 e. The smallest absolute Gasteiger partial charge is 0.191 e. The molecule has 1 atom stereocenters. The molecule has 5 nitrogen and oxygen atoms in total. The van der Waals surface area contributed by atoms with Crippen molar-refractivity contribution in [3.8, 4) is 0 Å². The third-order valence-corrected chi connectivity index (χ3v) is 3.67. The number of nitrogens with zero attached hydrogens (tertiary/aromatic N) is 3. The second kappa shape index (κ2) is 10.9. The molecule has 0 spiro atoms. The molecule has 0 saturated carbocycles. The van der Waals surface area contributed by atoms with E-state index in [0.717, 1.165) is 23.9 Å². The van der Waals surface area contributed by atoms with Gasteiger partial charge in [0.15, 0.2) is 5.96 Å². The lowest BCUT2D eigenvalue weighted by atomic mass is 10.1. The molecule has 0 radical (unpaired) electrons. The number of anilines is 1. The minimum atomic E-state index is 0.432. The molecule has 1 heterocycles. The van der Waals surface area contributed by atoms with E-state index in [9.17, 15) is 0 Å². The Hall–Kier alpha value is -1.78. The van der Waals surface area contributed by atoms with Crippen LogP contribution in [0.3, 0.4) is 0 Å². The van der Waals surface area contributed by atoms with Gasteiger partial charge in [-0.1, -0.05) is 32.3 Å². The lowest BCUT2D eigenvalue weighted by Crippen LogP contribution is -2.42. The molecule has 0 fully saturated rings. The maximum absolute atomic E-state index is 4.72. The molecule has 2 N–H and O–H groups in total. The second-order valence-corrected chi connectivity index (χ2v) is 6.12. The molecule has 130 valence electrons. The van der Waals surface area contributed by atoms with Gasteiger partial charge < -0.3 is 15.5 Å². The maximum atomic E-state index is 4.72. The number of nitrogens with one attached hydrogen (secondary N) is 2. The molecule has 5 heteroatoms. The lowest BCUT2D eigenvalue weighted by Gasteiger charge is -2.18. The molecule has 1 unspecified atom stereocenters. The molecule has 1 rings (SSSR count). The monoisotopic (exact) mass is 319 g/mol. The molecule has 0 aromatic carbocycles. The van der Waals surface area contributed by atoms with Crippen molar-refractivity contribution in [3.63, 3.8) is 0 Å². The molecule has 0 aliphatic rings. The van der Waals surface area contributed by atoms with E-state index in [-0.39, 0.29) is 0 Å². The van der Waals surface area contributed by atoms with Crippen molar-refractivity contribution in [2.24, 2.45) is 4.99 Å². The highest BCUT2D eigenvalue weighted by Gasteiger charge is 2.07. The van der Waals surface area contributed by atoms with E-state index < -0.39 is 0 Å². The Morgan fingerprint density at radius 3 is 2.74 bits per heavy atom. The number of aliphatic imine (C=N–C) groups is 1. The van der Waals surface area contributed by atoms with E-state index in [4.69, 9.17) is 4.99 Å². The number of hydrogen-bond acceptors (Lipinski definition) is 3. The third kappa shape index (κ3) is 7.35. The molecule has 1 aromatic rings. The van der Waals surface area contributed by atoms with Gasteiger partial charge in [-0.25, -0.2) is 9.98 Å². The molecule has 23 heavy (non-hydrogen) atoms. The summed E-state index contributed by atoms with van der Waals surface area (Å²) < 4.78 is 0. The van der Waals surface area contributed by atoms with Gasteiger partial charge in [0.25, 0.3) is 0 Å². The first-order valence-corrected chi connectivity index (χ1v) is 8.74. The van der Waals surface area contributed by atoms with Crippen molar-refractivity contribution < 1.29 is 0 Å². The van der Waals surface area contributed by atoms with Crippen molar-refractivity contribution in [2.75, 3.05) is 25.5 Å². The standard InChI is InChI=1S/C18H33N5/c1-6-8-9-11-15(3)22-18(19-7-2)21-14-16-12-10-13-20-17(16)23(4)5/h10,12-13,15H,6-9,11,14H2,1-5H3,(H2,19,21,22). The summed E-state index contributed by atoms with van der Waals surface area (Å²) >= 11 is 0. The van der Waals surface area contributed by atoms with Gasteiger partial charge in [0, 0.05) is 38.4 Å². The van der Waals surface area contributed by atoms with E-state index in [2.05, 4.69) is 42.5 Å². The summed E-state index contributed by atoms with van der Waals surface area (Å²) in [4.78, 5) is 11.2. The average Bonchev–Trinajstić information content (AvgIpc) is 2.53. The van der Waals surface area contributed by atoms with Crippen LogP contribution in [0.25, 0.3) is 0 Å². The van der Waals surface area contributed by atoms with Crippen LogP contribution in [0, 0.1) is 0 Å². The molecule has 1 aromatic heterocycles. The van der Waals surface area contributed by atoms with Gasteiger partial charge in [-0.2, -0.15) is 0 Å². The molecule has 0 bridgehead atoms. The summed E-state index contributed by atoms with van der Waals surface area (Å²) in [6.07, 6.45) is 6.81. The highest BCUT2D eigenvalue weighted by Crippen LogP contribution is 2.15. The quantitative estimate of drug-likeness (QED) is 0.417. The fourth-order valence-electron chi connectivity index (χ4n) is 2.45. The van der Waals surface area contributed by atoms with Gasteiger partial charge >= 0.3 is 0 Å². The van der Waals surface area contributed by atoms with Crippen LogP contribution in [0.1, 0.15) is 52.0 Å². The van der Waals surface area contributed by atoms with Crippen molar-refractivity contribution >= 4 is 11.8 Å². The van der Waals surface area contributed by atoms with Crippen LogP contribution in [0.15, 0.2) is 23.3 Å². The van der Waals surface area contributed by atoms with Crippen LogP contribution in [0.4, 0.5) is 5.82 Å². The van der Waals surface area contributed by atoms with Crippen LogP contribution >= 0.6 is 0 Å². The van der Waals surface area contributed by atoms with Crippen molar-refractivity contribution in [1.82, 2.24) is 15.6 Å². The topological polar surface area (TPSA) is 52.6 Å². The number of pyridine rings is 1. The Kier molecular flexibility index (Phi) is 9.10. The van der Waals surface area contributed by atoms with Crippen molar-refractivity contribution in [3.05, 3.63) is 23.9 Å². The molecular weight excluding hydrogens is 286 g/mol. The van der Waals surface area contributed by atoms with Crippen LogP contribution in [0.5, 0.6) is 0 Å². The van der Waals surface area contributed by atoms with Crippen LogP contribution in [-0.4, -0.2) is 37.6 Å². The van der Waals surface area contributed by atoms with Gasteiger partial charge in [0.1, 0.15) is 5.82 Å². The summed E-state index contributed by atoms with van der Waals surface area (Å²) in [6, 6.07) is 4.48. The van der Waals surface area contributed by atoms with Gasteiger partial charge in [0.05, 0.1) is 6.54 Å². The van der Waals surface area contributed by atoms with Crippen molar-refractivity contribution in [2.45, 2.75) is 59.0 Å². The Labute approximate surface area is 141 Å². The van der Waals surface area contributed by atoms with E-state index in [1.165, 1.54) is 25.7 Å². The molecule has 0 amide bonds. The number of guanidine groups is 1. The molecular formula is C18H33N5. The zero-order chi connectivity index (χ0) is 17.1. The summed E-state index contributed by atoms with van der Waals surface area (Å²) in [5, 5.41) is 6.83. The van der Waals surface area contributed by atoms with E-state index in [1.807, 2.05) is 31.3 Å². The van der Waals surface area contributed by atoms with E-state index >= 15 is 0 Å². The predicted octanol–water partition coefficient (Wildman–Crippen LogP) is 3.17. The minimum Gasteiger partial charge on any atom is -0.362 e. The van der Waals surface area contributed by atoms with E-state index in [1.54, 1.807) is 0 Å². The zero-order valence-electron chi connectivity index (χ0n) is 15.4. The van der Waals surface area contributed by atoms with Crippen molar-refractivity contribution in [1.29, 1.82) is 0 Å². The maximum Gasteiger partial charge on any atom is 0.191 e. The predicted molar refractivity (Wildman–Crippen MR) is 100 cm³/mol. The first-order chi connectivity index (χ1) is 11.1. The summed E-state index contributed by atoms with van der Waals surface area (Å²) in [7, 11) is 4.02. The fourth-order valence-corrected chi connectivity index (χ4v) is 2.45. The van der Waals surface area contributed by atoms with Gasteiger partial charge in [-0.05, 0) is 26.3 Å². The van der Waals surface area contributed by atoms with Crippen LogP contribution in [0.2, 0.25) is 0 Å². The number of rotatable bonds is 9. The summed E-state index contributed by atoms with van der Waals surface area (Å²) in [6.45, 7) is 8.03. The highest BCUT2D eigenvalue weighted by molar-refractivity contribution is 5.80. The fraction of sp³-hybridized carbons (Fsp3) is 0.667. The lowest BCUT2D eigenvalue weighted by molar-refractivity contribution is 0.547. The first kappa shape index (κ1) is 19.3. The number of hydrogen-bond donors (Lipinski definition) is 2. The Bertz CT molecular complexity index is 470. The molecule has 0 aliphatic carbocycles. The summed E-state index contributed by atoms with van der Waals surface area (Å²) in [5.74, 6) is 1.85.